The first kappa shape index (κ1) is 12.1. The second-order valence-electron chi connectivity index (χ2n) is 3.85. The molecule has 1 aromatic carbocycles. The first-order chi connectivity index (χ1) is 8.70. The van der Waals surface area contributed by atoms with E-state index >= 15 is 0 Å². The summed E-state index contributed by atoms with van der Waals surface area (Å²) in [6.07, 6.45) is 1.24. The number of hydrogen-bond donors (Lipinski definition) is 1. The predicted molar refractivity (Wildman–Crippen MR) is 65.3 cm³/mol. The zero-order chi connectivity index (χ0) is 13.0. The monoisotopic (exact) mass is 247 g/mol. The summed E-state index contributed by atoms with van der Waals surface area (Å²) in [7, 11) is 0. The van der Waals surface area contributed by atoms with Crippen molar-refractivity contribution in [2.75, 3.05) is 13.1 Å². The van der Waals surface area contributed by atoms with Crippen LogP contribution in [0.25, 0.3) is 11.0 Å². The summed E-state index contributed by atoms with van der Waals surface area (Å²) in [5, 5.41) is 16.4. The molecular formula is C12H13N3O3. The maximum Gasteiger partial charge on any atom is 0.407 e. The Kier molecular flexibility index (Phi) is 3.57. The van der Waals surface area contributed by atoms with E-state index < -0.39 is 6.09 Å². The standard InChI is InChI=1S/C12H13N3O3/c1-2-6-15(12(16)17)7-5-9-3-4-10-11(8-9)14-18-13-10/h2-4,8H,1,5-7H2,(H,16,17). The molecule has 1 aromatic heterocycles. The van der Waals surface area contributed by atoms with Crippen LogP contribution in [-0.4, -0.2) is 39.5 Å². The molecule has 0 unspecified atom stereocenters. The van der Waals surface area contributed by atoms with Gasteiger partial charge in [-0.15, -0.1) is 6.58 Å². The fourth-order valence-electron chi connectivity index (χ4n) is 1.67. The fraction of sp³-hybridized carbons (Fsp3) is 0.250. The van der Waals surface area contributed by atoms with Gasteiger partial charge in [0.15, 0.2) is 0 Å². The molecule has 0 aliphatic rings. The van der Waals surface area contributed by atoms with Gasteiger partial charge >= 0.3 is 6.09 Å². The fourth-order valence-corrected chi connectivity index (χ4v) is 1.67. The molecule has 1 N–H and O–H groups in total. The third-order valence-electron chi connectivity index (χ3n) is 2.61. The average molecular weight is 247 g/mol. The number of amides is 1. The molecular weight excluding hydrogens is 234 g/mol. The highest BCUT2D eigenvalue weighted by molar-refractivity contribution is 5.73. The lowest BCUT2D eigenvalue weighted by Gasteiger charge is -2.16. The van der Waals surface area contributed by atoms with E-state index in [1.54, 1.807) is 12.1 Å². The number of rotatable bonds is 5. The summed E-state index contributed by atoms with van der Waals surface area (Å²) < 4.78 is 4.60. The Labute approximate surface area is 103 Å². The van der Waals surface area contributed by atoms with Crippen LogP contribution in [0.2, 0.25) is 0 Å². The number of aromatic nitrogens is 2. The number of carboxylic acid groups (broad SMARTS) is 1. The van der Waals surface area contributed by atoms with Gasteiger partial charge in [0.1, 0.15) is 11.0 Å². The Morgan fingerprint density at radius 2 is 2.22 bits per heavy atom. The van der Waals surface area contributed by atoms with Gasteiger partial charge in [-0.05, 0) is 34.4 Å². The van der Waals surface area contributed by atoms with Crippen LogP contribution in [0.5, 0.6) is 0 Å². The van der Waals surface area contributed by atoms with Crippen molar-refractivity contribution in [2.45, 2.75) is 6.42 Å². The van der Waals surface area contributed by atoms with Gasteiger partial charge in [0.2, 0.25) is 0 Å². The van der Waals surface area contributed by atoms with E-state index in [0.29, 0.717) is 30.5 Å². The Bertz CT molecular complexity index is 564. The molecule has 6 heteroatoms. The van der Waals surface area contributed by atoms with Gasteiger partial charge < -0.3 is 10.0 Å². The minimum absolute atomic E-state index is 0.323. The Morgan fingerprint density at radius 1 is 1.44 bits per heavy atom. The van der Waals surface area contributed by atoms with Crippen LogP contribution < -0.4 is 0 Å². The predicted octanol–water partition coefficient (Wildman–Crippen LogP) is 1.93. The van der Waals surface area contributed by atoms with Crippen LogP contribution in [0.4, 0.5) is 4.79 Å². The second-order valence-corrected chi connectivity index (χ2v) is 3.85. The van der Waals surface area contributed by atoms with E-state index in [-0.39, 0.29) is 0 Å². The number of carbonyl (C=O) groups is 1. The molecule has 94 valence electrons. The Morgan fingerprint density at radius 3 is 2.94 bits per heavy atom. The summed E-state index contributed by atoms with van der Waals surface area (Å²) in [4.78, 5) is 12.2. The lowest BCUT2D eigenvalue weighted by molar-refractivity contribution is 0.151. The molecule has 0 aliphatic heterocycles. The number of nitrogens with zero attached hydrogens (tertiary/aromatic N) is 3. The van der Waals surface area contributed by atoms with Crippen LogP contribution in [-0.2, 0) is 6.42 Å². The molecule has 1 heterocycles. The summed E-state index contributed by atoms with van der Waals surface area (Å²) in [6.45, 7) is 4.27. The summed E-state index contributed by atoms with van der Waals surface area (Å²) in [5.41, 5.74) is 2.37. The SMILES string of the molecule is C=CCN(CCc1ccc2nonc2c1)C(=O)O. The van der Waals surface area contributed by atoms with E-state index in [0.717, 1.165) is 5.56 Å². The van der Waals surface area contributed by atoms with Gasteiger partial charge in [-0.1, -0.05) is 12.1 Å². The highest BCUT2D eigenvalue weighted by Gasteiger charge is 2.10. The van der Waals surface area contributed by atoms with Crippen molar-refractivity contribution in [1.29, 1.82) is 0 Å². The minimum Gasteiger partial charge on any atom is -0.465 e. The van der Waals surface area contributed by atoms with Crippen LogP contribution in [0, 0.1) is 0 Å². The van der Waals surface area contributed by atoms with E-state index in [9.17, 15) is 4.79 Å². The van der Waals surface area contributed by atoms with Crippen molar-refractivity contribution in [1.82, 2.24) is 15.2 Å². The Balaban J connectivity index is 2.04. The largest absolute Gasteiger partial charge is 0.465 e. The molecule has 0 saturated heterocycles. The van der Waals surface area contributed by atoms with Crippen LogP contribution in [0.1, 0.15) is 5.56 Å². The van der Waals surface area contributed by atoms with Gasteiger partial charge in [-0.25, -0.2) is 9.42 Å². The topological polar surface area (TPSA) is 79.5 Å². The normalized spacial score (nSPS) is 10.4. The first-order valence-corrected chi connectivity index (χ1v) is 5.50. The molecule has 6 nitrogen and oxygen atoms in total. The summed E-state index contributed by atoms with van der Waals surface area (Å²) >= 11 is 0. The summed E-state index contributed by atoms with van der Waals surface area (Å²) in [6, 6.07) is 5.54. The highest BCUT2D eigenvalue weighted by Crippen LogP contribution is 2.12. The van der Waals surface area contributed by atoms with Crippen molar-refractivity contribution < 1.29 is 14.5 Å². The van der Waals surface area contributed by atoms with Gasteiger partial charge in [-0.3, -0.25) is 0 Å². The quantitative estimate of drug-likeness (QED) is 0.816. The lowest BCUT2D eigenvalue weighted by atomic mass is 10.1. The van der Waals surface area contributed by atoms with E-state index in [1.165, 1.54) is 4.90 Å². The number of hydrogen-bond acceptors (Lipinski definition) is 4. The van der Waals surface area contributed by atoms with E-state index in [2.05, 4.69) is 21.5 Å². The van der Waals surface area contributed by atoms with Crippen LogP contribution in [0.3, 0.4) is 0 Å². The highest BCUT2D eigenvalue weighted by atomic mass is 16.6. The first-order valence-electron chi connectivity index (χ1n) is 5.50. The third-order valence-corrected chi connectivity index (χ3v) is 2.61. The average Bonchev–Trinajstić information content (AvgIpc) is 2.81. The molecule has 0 saturated carbocycles. The molecule has 0 radical (unpaired) electrons. The molecule has 2 rings (SSSR count). The minimum atomic E-state index is -0.945. The molecule has 1 amide bonds. The lowest BCUT2D eigenvalue weighted by Crippen LogP contribution is -2.31. The maximum atomic E-state index is 10.9. The van der Waals surface area contributed by atoms with Gasteiger partial charge in [0.25, 0.3) is 0 Å². The second kappa shape index (κ2) is 5.31. The zero-order valence-electron chi connectivity index (χ0n) is 9.74. The van der Waals surface area contributed by atoms with Crippen molar-refractivity contribution in [3.8, 4) is 0 Å². The number of fused-ring (bicyclic) bond motifs is 1. The molecule has 0 fully saturated rings. The van der Waals surface area contributed by atoms with Crippen molar-refractivity contribution in [3.05, 3.63) is 36.4 Å². The van der Waals surface area contributed by atoms with Gasteiger partial charge in [-0.2, -0.15) is 0 Å². The zero-order valence-corrected chi connectivity index (χ0v) is 9.74. The molecule has 0 bridgehead atoms. The molecule has 0 atom stereocenters. The summed E-state index contributed by atoms with van der Waals surface area (Å²) in [5.74, 6) is 0. The van der Waals surface area contributed by atoms with Gasteiger partial charge in [0.05, 0.1) is 0 Å². The molecule has 2 aromatic rings. The van der Waals surface area contributed by atoms with Crippen molar-refractivity contribution in [2.24, 2.45) is 0 Å². The third kappa shape index (κ3) is 2.65. The smallest absolute Gasteiger partial charge is 0.407 e. The van der Waals surface area contributed by atoms with Crippen molar-refractivity contribution in [3.63, 3.8) is 0 Å². The maximum absolute atomic E-state index is 10.9. The Hall–Kier alpha value is -2.37. The molecule has 0 aliphatic carbocycles. The van der Waals surface area contributed by atoms with Crippen LogP contribution in [0.15, 0.2) is 35.5 Å². The van der Waals surface area contributed by atoms with E-state index in [1.807, 2.05) is 12.1 Å². The van der Waals surface area contributed by atoms with E-state index in [4.69, 9.17) is 5.11 Å². The number of benzene rings is 1. The molecule has 0 spiro atoms. The van der Waals surface area contributed by atoms with Crippen molar-refractivity contribution >= 4 is 17.1 Å². The van der Waals surface area contributed by atoms with Gasteiger partial charge in [0, 0.05) is 13.1 Å². The molecule has 18 heavy (non-hydrogen) atoms. The van der Waals surface area contributed by atoms with Crippen LogP contribution >= 0.6 is 0 Å².